The summed E-state index contributed by atoms with van der Waals surface area (Å²) in [6.45, 7) is 7.30. The third-order valence-corrected chi connectivity index (χ3v) is 3.48. The van der Waals surface area contributed by atoms with E-state index in [-0.39, 0.29) is 11.7 Å². The monoisotopic (exact) mass is 282 g/mol. The molecule has 1 aromatic carbocycles. The summed E-state index contributed by atoms with van der Waals surface area (Å²) in [4.78, 5) is 0. The van der Waals surface area contributed by atoms with Crippen LogP contribution in [0.4, 0.5) is 0 Å². The second-order valence-electron chi connectivity index (χ2n) is 4.07. The molecule has 1 unspecified atom stereocenters. The summed E-state index contributed by atoms with van der Waals surface area (Å²) in [6.07, 6.45) is 1.66. The van der Waals surface area contributed by atoms with Crippen molar-refractivity contribution >= 4 is 15.9 Å². The molecular formula is C13H15BrO2. The van der Waals surface area contributed by atoms with Crippen LogP contribution in [-0.4, -0.2) is 19.5 Å². The predicted octanol–water partition coefficient (Wildman–Crippen LogP) is 3.27. The molecule has 0 amide bonds. The van der Waals surface area contributed by atoms with Crippen LogP contribution in [0.5, 0.6) is 0 Å². The van der Waals surface area contributed by atoms with E-state index in [0.717, 1.165) is 10.0 Å². The smallest absolute Gasteiger partial charge is 0.170 e. The van der Waals surface area contributed by atoms with Crippen molar-refractivity contribution < 1.29 is 9.47 Å². The molecule has 0 aromatic heterocycles. The topological polar surface area (TPSA) is 18.5 Å². The van der Waals surface area contributed by atoms with E-state index in [4.69, 9.17) is 9.47 Å². The van der Waals surface area contributed by atoms with Crippen molar-refractivity contribution in [2.45, 2.75) is 18.6 Å². The third kappa shape index (κ3) is 2.08. The Hall–Kier alpha value is -0.640. The van der Waals surface area contributed by atoms with E-state index >= 15 is 0 Å². The van der Waals surface area contributed by atoms with Gasteiger partial charge in [0.1, 0.15) is 0 Å². The van der Waals surface area contributed by atoms with Gasteiger partial charge in [0.2, 0.25) is 0 Å². The number of halogens is 1. The normalized spacial score (nSPS) is 20.6. The Kier molecular flexibility index (Phi) is 3.47. The highest BCUT2D eigenvalue weighted by molar-refractivity contribution is 9.10. The summed E-state index contributed by atoms with van der Waals surface area (Å²) in [5.41, 5.74) is 0.837. The fourth-order valence-electron chi connectivity index (χ4n) is 1.88. The second-order valence-corrected chi connectivity index (χ2v) is 4.99. The van der Waals surface area contributed by atoms with Gasteiger partial charge in [-0.2, -0.15) is 0 Å². The summed E-state index contributed by atoms with van der Waals surface area (Å²) < 4.78 is 12.2. The molecule has 1 aromatic rings. The number of hydrogen-bond acceptors (Lipinski definition) is 2. The molecule has 1 heterocycles. The van der Waals surface area contributed by atoms with E-state index in [9.17, 15) is 0 Å². The van der Waals surface area contributed by atoms with Crippen LogP contribution < -0.4 is 0 Å². The van der Waals surface area contributed by atoms with Crippen molar-refractivity contribution in [3.63, 3.8) is 0 Å². The lowest BCUT2D eigenvalue weighted by molar-refractivity contribution is -0.0795. The fourth-order valence-corrected chi connectivity index (χ4v) is 2.28. The molecule has 86 valence electrons. The first-order valence-electron chi connectivity index (χ1n) is 5.29. The van der Waals surface area contributed by atoms with Gasteiger partial charge in [-0.25, -0.2) is 0 Å². The van der Waals surface area contributed by atoms with Gasteiger partial charge < -0.3 is 9.47 Å². The van der Waals surface area contributed by atoms with Gasteiger partial charge in [-0.1, -0.05) is 34.1 Å². The zero-order valence-corrected chi connectivity index (χ0v) is 10.9. The van der Waals surface area contributed by atoms with Crippen LogP contribution in [0.3, 0.4) is 0 Å². The Morgan fingerprint density at radius 3 is 2.69 bits per heavy atom. The highest BCUT2D eigenvalue weighted by Gasteiger charge is 2.37. The van der Waals surface area contributed by atoms with Gasteiger partial charge in [0.25, 0.3) is 0 Å². The average molecular weight is 283 g/mol. The summed E-state index contributed by atoms with van der Waals surface area (Å²) in [7, 11) is 0. The maximum atomic E-state index is 5.59. The van der Waals surface area contributed by atoms with Crippen LogP contribution >= 0.6 is 15.9 Å². The molecule has 1 fully saturated rings. The summed E-state index contributed by atoms with van der Waals surface area (Å²) in [6, 6.07) is 8.16. The lowest BCUT2D eigenvalue weighted by Crippen LogP contribution is -2.35. The van der Waals surface area contributed by atoms with Gasteiger partial charge in [0.15, 0.2) is 6.29 Å². The van der Waals surface area contributed by atoms with Crippen molar-refractivity contribution in [3.05, 3.63) is 47.0 Å². The number of benzene rings is 1. The Morgan fingerprint density at radius 2 is 2.12 bits per heavy atom. The zero-order chi connectivity index (χ0) is 11.6. The Labute approximate surface area is 104 Å². The van der Waals surface area contributed by atoms with E-state index in [1.807, 2.05) is 18.2 Å². The van der Waals surface area contributed by atoms with Crippen molar-refractivity contribution in [2.24, 2.45) is 0 Å². The van der Waals surface area contributed by atoms with E-state index in [1.54, 1.807) is 0 Å². The second kappa shape index (κ2) is 4.70. The average Bonchev–Trinajstić information content (AvgIpc) is 2.82. The fraction of sp³-hybridized carbons (Fsp3) is 0.385. The third-order valence-electron chi connectivity index (χ3n) is 2.98. The molecule has 1 aliphatic rings. The lowest BCUT2D eigenvalue weighted by atomic mass is 9.82. The highest BCUT2D eigenvalue weighted by atomic mass is 79.9. The Morgan fingerprint density at radius 1 is 1.44 bits per heavy atom. The molecule has 0 bridgehead atoms. The predicted molar refractivity (Wildman–Crippen MR) is 67.4 cm³/mol. The molecule has 0 saturated carbocycles. The van der Waals surface area contributed by atoms with E-state index < -0.39 is 0 Å². The summed E-state index contributed by atoms with van der Waals surface area (Å²) in [5.74, 6) is 0. The number of hydrogen-bond donors (Lipinski definition) is 0. The van der Waals surface area contributed by atoms with Gasteiger partial charge in [0.05, 0.1) is 18.6 Å². The lowest BCUT2D eigenvalue weighted by Gasteiger charge is -2.31. The molecular weight excluding hydrogens is 268 g/mol. The molecule has 16 heavy (non-hydrogen) atoms. The molecule has 0 N–H and O–H groups in total. The highest BCUT2D eigenvalue weighted by Crippen LogP contribution is 2.34. The zero-order valence-electron chi connectivity index (χ0n) is 9.28. The first-order chi connectivity index (χ1) is 7.66. The minimum atomic E-state index is -0.305. The number of ether oxygens (including phenoxy) is 2. The van der Waals surface area contributed by atoms with Crippen LogP contribution in [0.2, 0.25) is 0 Å². The SMILES string of the molecule is C=CC(C)(c1cccc(Br)c1)C1OCCO1. The molecule has 1 saturated heterocycles. The molecule has 1 aliphatic heterocycles. The van der Waals surface area contributed by atoms with Crippen LogP contribution in [0.15, 0.2) is 41.4 Å². The maximum absolute atomic E-state index is 5.59. The Balaban J connectivity index is 2.36. The molecule has 0 aliphatic carbocycles. The first-order valence-corrected chi connectivity index (χ1v) is 6.09. The molecule has 0 spiro atoms. The van der Waals surface area contributed by atoms with Crippen LogP contribution in [0.25, 0.3) is 0 Å². The molecule has 3 heteroatoms. The van der Waals surface area contributed by atoms with Crippen LogP contribution in [0.1, 0.15) is 12.5 Å². The summed E-state index contributed by atoms with van der Waals surface area (Å²) in [5, 5.41) is 0. The van der Waals surface area contributed by atoms with Crippen LogP contribution in [-0.2, 0) is 14.9 Å². The van der Waals surface area contributed by atoms with Gasteiger partial charge in [-0.15, -0.1) is 6.58 Å². The summed E-state index contributed by atoms with van der Waals surface area (Å²) >= 11 is 3.48. The van der Waals surface area contributed by atoms with Crippen molar-refractivity contribution in [1.29, 1.82) is 0 Å². The molecule has 2 rings (SSSR count). The standard InChI is InChI=1S/C13H15BrO2/c1-3-13(2,12-15-7-8-16-12)10-5-4-6-11(14)9-10/h3-6,9,12H,1,7-8H2,2H3. The van der Waals surface area contributed by atoms with Gasteiger partial charge in [-0.3, -0.25) is 0 Å². The van der Waals surface area contributed by atoms with Gasteiger partial charge >= 0.3 is 0 Å². The van der Waals surface area contributed by atoms with Crippen molar-refractivity contribution in [3.8, 4) is 0 Å². The first kappa shape index (κ1) is 11.8. The quantitative estimate of drug-likeness (QED) is 0.793. The van der Waals surface area contributed by atoms with Gasteiger partial charge in [-0.05, 0) is 24.6 Å². The molecule has 1 atom stereocenters. The molecule has 2 nitrogen and oxygen atoms in total. The van der Waals surface area contributed by atoms with E-state index in [0.29, 0.717) is 13.2 Å². The number of rotatable bonds is 3. The van der Waals surface area contributed by atoms with Crippen molar-refractivity contribution in [2.75, 3.05) is 13.2 Å². The minimum Gasteiger partial charge on any atom is -0.349 e. The largest absolute Gasteiger partial charge is 0.349 e. The van der Waals surface area contributed by atoms with E-state index in [2.05, 4.69) is 41.6 Å². The van der Waals surface area contributed by atoms with Gasteiger partial charge in [0, 0.05) is 4.47 Å². The van der Waals surface area contributed by atoms with Crippen LogP contribution in [0, 0.1) is 0 Å². The minimum absolute atomic E-state index is 0.237. The Bertz CT molecular complexity index is 385. The molecule has 0 radical (unpaired) electrons. The van der Waals surface area contributed by atoms with Crippen molar-refractivity contribution in [1.82, 2.24) is 0 Å². The van der Waals surface area contributed by atoms with E-state index in [1.165, 1.54) is 0 Å². The maximum Gasteiger partial charge on any atom is 0.170 e.